The van der Waals surface area contributed by atoms with E-state index in [9.17, 15) is 15.5 Å². The van der Waals surface area contributed by atoms with Gasteiger partial charge in [0.05, 0.1) is 24.2 Å². The van der Waals surface area contributed by atoms with Crippen LogP contribution in [0.2, 0.25) is 0 Å². The normalized spacial score (nSPS) is 44.5. The maximum atomic E-state index is 10.1. The first-order chi connectivity index (χ1) is 7.82. The van der Waals surface area contributed by atoms with Crippen molar-refractivity contribution in [3.8, 4) is 6.07 Å². The van der Waals surface area contributed by atoms with Crippen LogP contribution < -0.4 is 0 Å². The molecule has 2 aliphatic rings. The van der Waals surface area contributed by atoms with Crippen LogP contribution in [0.1, 0.15) is 40.0 Å². The third-order valence-corrected chi connectivity index (χ3v) is 4.84. The molecule has 0 bridgehead atoms. The third kappa shape index (κ3) is 1.71. The van der Waals surface area contributed by atoms with Crippen molar-refractivity contribution in [2.75, 3.05) is 0 Å². The monoisotopic (exact) mass is 235 g/mol. The van der Waals surface area contributed by atoms with E-state index in [0.717, 1.165) is 18.4 Å². The zero-order valence-electron chi connectivity index (χ0n) is 10.8. The Kier molecular flexibility index (Phi) is 2.84. The molecule has 0 amide bonds. The van der Waals surface area contributed by atoms with Gasteiger partial charge in [-0.3, -0.25) is 0 Å². The van der Waals surface area contributed by atoms with E-state index in [2.05, 4.69) is 13.0 Å². The molecule has 3 nitrogen and oxygen atoms in total. The van der Waals surface area contributed by atoms with Crippen molar-refractivity contribution in [1.29, 1.82) is 5.26 Å². The molecule has 0 aromatic heterocycles. The Morgan fingerprint density at radius 2 is 2.00 bits per heavy atom. The van der Waals surface area contributed by atoms with Crippen molar-refractivity contribution < 1.29 is 10.2 Å². The van der Waals surface area contributed by atoms with E-state index in [1.807, 2.05) is 19.9 Å². The Morgan fingerprint density at radius 1 is 1.35 bits per heavy atom. The lowest BCUT2D eigenvalue weighted by Crippen LogP contribution is -2.49. The minimum Gasteiger partial charge on any atom is -0.392 e. The van der Waals surface area contributed by atoms with E-state index in [-0.39, 0.29) is 22.9 Å². The predicted molar refractivity (Wildman–Crippen MR) is 64.9 cm³/mol. The van der Waals surface area contributed by atoms with Crippen molar-refractivity contribution in [3.63, 3.8) is 0 Å². The smallest absolute Gasteiger partial charge is 0.0736 e. The summed E-state index contributed by atoms with van der Waals surface area (Å²) < 4.78 is 0. The maximum Gasteiger partial charge on any atom is 0.0736 e. The van der Waals surface area contributed by atoms with Crippen LogP contribution in [0.15, 0.2) is 11.6 Å². The quantitative estimate of drug-likeness (QED) is 0.631. The second-order valence-corrected chi connectivity index (χ2v) is 6.26. The molecule has 0 saturated heterocycles. The number of hydrogen-bond donors (Lipinski definition) is 2. The van der Waals surface area contributed by atoms with E-state index in [1.165, 1.54) is 0 Å². The Labute approximate surface area is 103 Å². The summed E-state index contributed by atoms with van der Waals surface area (Å²) in [6.07, 6.45) is 3.02. The van der Waals surface area contributed by atoms with Gasteiger partial charge in [0, 0.05) is 10.8 Å². The highest BCUT2D eigenvalue weighted by Crippen LogP contribution is 2.57. The molecule has 17 heavy (non-hydrogen) atoms. The van der Waals surface area contributed by atoms with Gasteiger partial charge in [0.2, 0.25) is 0 Å². The minimum absolute atomic E-state index is 0.149. The molecule has 2 N–H and O–H groups in total. The van der Waals surface area contributed by atoms with Crippen molar-refractivity contribution in [1.82, 2.24) is 0 Å². The Morgan fingerprint density at radius 3 is 2.59 bits per heavy atom. The van der Waals surface area contributed by atoms with E-state index < -0.39 is 6.10 Å². The Bertz CT molecular complexity index is 394. The molecule has 2 aliphatic carbocycles. The van der Waals surface area contributed by atoms with Crippen LogP contribution >= 0.6 is 0 Å². The third-order valence-electron chi connectivity index (χ3n) is 4.84. The van der Waals surface area contributed by atoms with E-state index in [0.29, 0.717) is 6.42 Å². The first-order valence-electron chi connectivity index (χ1n) is 6.31. The van der Waals surface area contributed by atoms with Gasteiger partial charge in [-0.2, -0.15) is 5.26 Å². The highest BCUT2D eigenvalue weighted by Gasteiger charge is 2.52. The summed E-state index contributed by atoms with van der Waals surface area (Å²) in [5, 5.41) is 29.3. The summed E-state index contributed by atoms with van der Waals surface area (Å²) in [7, 11) is 0. The van der Waals surface area contributed by atoms with Crippen LogP contribution in [0.25, 0.3) is 0 Å². The van der Waals surface area contributed by atoms with E-state index in [1.54, 1.807) is 0 Å². The molecule has 4 atom stereocenters. The van der Waals surface area contributed by atoms with Gasteiger partial charge < -0.3 is 10.2 Å². The molecule has 0 spiro atoms. The number of hydrogen-bond acceptors (Lipinski definition) is 3. The lowest BCUT2D eigenvalue weighted by Gasteiger charge is -2.53. The van der Waals surface area contributed by atoms with Crippen molar-refractivity contribution >= 4 is 0 Å². The first kappa shape index (κ1) is 12.6. The van der Waals surface area contributed by atoms with Gasteiger partial charge >= 0.3 is 0 Å². The average molecular weight is 235 g/mol. The second-order valence-electron chi connectivity index (χ2n) is 6.26. The highest BCUT2D eigenvalue weighted by molar-refractivity contribution is 5.32. The number of rotatable bonds is 0. The highest BCUT2D eigenvalue weighted by atomic mass is 16.3. The number of aliphatic hydroxyl groups is 2. The summed E-state index contributed by atoms with van der Waals surface area (Å²) in [6, 6.07) is 2.34. The second kappa shape index (κ2) is 3.83. The fraction of sp³-hybridized carbons (Fsp3) is 0.786. The van der Waals surface area contributed by atoms with Crippen LogP contribution in [0.5, 0.6) is 0 Å². The van der Waals surface area contributed by atoms with Crippen LogP contribution in [0.4, 0.5) is 0 Å². The standard InChI is InChI=1S/C14H21NO2/c1-13(2)11-7-10(16)6-9(8-15)14(11,3)5-4-12(13)17/h7,9-10,12,16-17H,4-6H2,1-3H3/t9-,10+,12+,14-/m1/s1. The number of fused-ring (bicyclic) bond motifs is 1. The fourth-order valence-electron chi connectivity index (χ4n) is 3.57. The van der Waals surface area contributed by atoms with Gasteiger partial charge in [-0.1, -0.05) is 32.4 Å². The lowest BCUT2D eigenvalue weighted by molar-refractivity contribution is -0.0107. The van der Waals surface area contributed by atoms with E-state index in [4.69, 9.17) is 0 Å². The van der Waals surface area contributed by atoms with Gasteiger partial charge in [0.15, 0.2) is 0 Å². The summed E-state index contributed by atoms with van der Waals surface area (Å²) >= 11 is 0. The molecule has 3 heteroatoms. The van der Waals surface area contributed by atoms with Gasteiger partial charge in [0.25, 0.3) is 0 Å². The van der Waals surface area contributed by atoms with Gasteiger partial charge in [-0.05, 0) is 19.3 Å². The minimum atomic E-state index is -0.549. The fourth-order valence-corrected chi connectivity index (χ4v) is 3.57. The van der Waals surface area contributed by atoms with Crippen molar-refractivity contribution in [2.24, 2.45) is 16.7 Å². The SMILES string of the molecule is CC1(C)C2=C[C@@H](O)C[C@H](C#N)[C@@]2(C)CC[C@@H]1O. The van der Waals surface area contributed by atoms with Gasteiger partial charge in [-0.25, -0.2) is 0 Å². The molecule has 0 unspecified atom stereocenters. The molecular weight excluding hydrogens is 214 g/mol. The molecule has 0 aliphatic heterocycles. The Hall–Kier alpha value is -0.850. The molecule has 2 rings (SSSR count). The summed E-state index contributed by atoms with van der Waals surface area (Å²) in [5.74, 6) is -0.149. The molecule has 0 radical (unpaired) electrons. The van der Waals surface area contributed by atoms with Crippen LogP contribution in [0, 0.1) is 28.1 Å². The molecule has 0 aromatic rings. The number of nitriles is 1. The van der Waals surface area contributed by atoms with Crippen LogP contribution in [0.3, 0.4) is 0 Å². The summed E-state index contributed by atoms with van der Waals surface area (Å²) in [5.41, 5.74) is 0.536. The number of aliphatic hydroxyl groups excluding tert-OH is 2. The van der Waals surface area contributed by atoms with Gasteiger partial charge in [-0.15, -0.1) is 0 Å². The largest absolute Gasteiger partial charge is 0.392 e. The maximum absolute atomic E-state index is 10.1. The lowest BCUT2D eigenvalue weighted by atomic mass is 9.52. The molecular formula is C14H21NO2. The zero-order chi connectivity index (χ0) is 12.8. The van der Waals surface area contributed by atoms with Crippen molar-refractivity contribution in [2.45, 2.75) is 52.2 Å². The van der Waals surface area contributed by atoms with Crippen LogP contribution in [-0.4, -0.2) is 22.4 Å². The molecule has 1 saturated carbocycles. The molecule has 1 fully saturated rings. The summed E-state index contributed by atoms with van der Waals surface area (Å²) in [6.45, 7) is 6.12. The number of nitrogens with zero attached hydrogens (tertiary/aromatic N) is 1. The van der Waals surface area contributed by atoms with E-state index >= 15 is 0 Å². The molecule has 0 heterocycles. The molecule has 0 aromatic carbocycles. The predicted octanol–water partition coefficient (Wildman–Crippen LogP) is 2.00. The van der Waals surface area contributed by atoms with Crippen LogP contribution in [-0.2, 0) is 0 Å². The van der Waals surface area contributed by atoms with Crippen molar-refractivity contribution in [3.05, 3.63) is 11.6 Å². The first-order valence-corrected chi connectivity index (χ1v) is 6.31. The van der Waals surface area contributed by atoms with Gasteiger partial charge in [0.1, 0.15) is 0 Å². The zero-order valence-corrected chi connectivity index (χ0v) is 10.8. The topological polar surface area (TPSA) is 64.2 Å². The Balaban J connectivity index is 2.51. The molecule has 94 valence electrons. The average Bonchev–Trinajstić information content (AvgIpc) is 2.26. The summed E-state index contributed by atoms with van der Waals surface area (Å²) in [4.78, 5) is 0.